The van der Waals surface area contributed by atoms with Gasteiger partial charge in [-0.3, -0.25) is 4.99 Å². The second-order valence-electron chi connectivity index (χ2n) is 6.45. The van der Waals surface area contributed by atoms with Crippen LogP contribution in [0.3, 0.4) is 0 Å². The second-order valence-corrected chi connectivity index (χ2v) is 6.45. The number of alkyl halides is 2. The van der Waals surface area contributed by atoms with Crippen molar-refractivity contribution in [1.82, 2.24) is 5.32 Å². The van der Waals surface area contributed by atoms with Gasteiger partial charge in [-0.1, -0.05) is 6.07 Å². The first-order valence-corrected chi connectivity index (χ1v) is 9.58. The monoisotopic (exact) mass is 549 g/mol. The van der Waals surface area contributed by atoms with Crippen LogP contribution >= 0.6 is 24.0 Å². The van der Waals surface area contributed by atoms with E-state index in [0.29, 0.717) is 37.9 Å². The van der Waals surface area contributed by atoms with E-state index < -0.39 is 6.61 Å². The molecule has 170 valence electrons. The van der Waals surface area contributed by atoms with Gasteiger partial charge in [-0.2, -0.15) is 8.78 Å². The van der Waals surface area contributed by atoms with Gasteiger partial charge in [0.15, 0.2) is 29.0 Å². The van der Waals surface area contributed by atoms with E-state index >= 15 is 0 Å². The van der Waals surface area contributed by atoms with Crippen molar-refractivity contribution in [2.45, 2.75) is 19.5 Å². The van der Waals surface area contributed by atoms with Crippen LogP contribution < -0.4 is 29.6 Å². The summed E-state index contributed by atoms with van der Waals surface area (Å²) in [6.07, 6.45) is 1.42. The Morgan fingerprint density at radius 3 is 2.58 bits per heavy atom. The molecule has 1 aliphatic heterocycles. The van der Waals surface area contributed by atoms with Crippen LogP contribution in [0.1, 0.15) is 12.0 Å². The Balaban J connectivity index is 0.00000341. The van der Waals surface area contributed by atoms with Gasteiger partial charge in [0, 0.05) is 31.8 Å². The lowest BCUT2D eigenvalue weighted by atomic mass is 10.1. The van der Waals surface area contributed by atoms with E-state index in [0.717, 1.165) is 23.4 Å². The predicted octanol–water partition coefficient (Wildman–Crippen LogP) is 4.31. The Morgan fingerprint density at radius 2 is 1.87 bits per heavy atom. The lowest BCUT2D eigenvalue weighted by Crippen LogP contribution is -2.32. The fraction of sp³-hybridized carbons (Fsp3) is 0.381. The van der Waals surface area contributed by atoms with Gasteiger partial charge >= 0.3 is 6.61 Å². The summed E-state index contributed by atoms with van der Waals surface area (Å²) in [4.78, 5) is 4.21. The zero-order valence-electron chi connectivity index (χ0n) is 17.3. The Labute approximate surface area is 197 Å². The molecule has 0 atom stereocenters. The Bertz CT molecular complexity index is 884. The average Bonchev–Trinajstić information content (AvgIpc) is 2.98. The Kier molecular flexibility index (Phi) is 9.89. The summed E-state index contributed by atoms with van der Waals surface area (Å²) in [6, 6.07) is 10.6. The van der Waals surface area contributed by atoms with E-state index in [9.17, 15) is 8.78 Å². The molecule has 7 nitrogen and oxygen atoms in total. The van der Waals surface area contributed by atoms with Gasteiger partial charge in [0.05, 0.1) is 20.3 Å². The van der Waals surface area contributed by atoms with Crippen LogP contribution in [0.2, 0.25) is 0 Å². The zero-order chi connectivity index (χ0) is 21.3. The summed E-state index contributed by atoms with van der Waals surface area (Å²) in [5.41, 5.74) is 1.63. The highest BCUT2D eigenvalue weighted by Gasteiger charge is 2.13. The summed E-state index contributed by atoms with van der Waals surface area (Å²) in [5, 5.41) is 6.39. The van der Waals surface area contributed by atoms with Crippen molar-refractivity contribution in [1.29, 1.82) is 0 Å². The maximum absolute atomic E-state index is 12.6. The van der Waals surface area contributed by atoms with E-state index in [-0.39, 0.29) is 35.5 Å². The van der Waals surface area contributed by atoms with Crippen LogP contribution in [-0.4, -0.2) is 46.5 Å². The number of anilines is 1. The van der Waals surface area contributed by atoms with Crippen LogP contribution in [0.5, 0.6) is 23.0 Å². The van der Waals surface area contributed by atoms with Crippen molar-refractivity contribution in [2.75, 3.05) is 39.2 Å². The minimum atomic E-state index is -2.91. The van der Waals surface area contributed by atoms with Gasteiger partial charge in [-0.25, -0.2) is 0 Å². The highest BCUT2D eigenvalue weighted by Crippen LogP contribution is 2.32. The number of methoxy groups -OCH3 is 1. The molecule has 2 aromatic carbocycles. The molecular weight excluding hydrogens is 523 g/mol. The largest absolute Gasteiger partial charge is 0.493 e. The minimum Gasteiger partial charge on any atom is -0.493 e. The first-order chi connectivity index (χ1) is 14.6. The van der Waals surface area contributed by atoms with Crippen LogP contribution in [-0.2, 0) is 6.42 Å². The molecule has 0 unspecified atom stereocenters. The highest BCUT2D eigenvalue weighted by atomic mass is 127. The summed E-state index contributed by atoms with van der Waals surface area (Å²) in [5.74, 6) is 2.26. The number of hydrogen-bond acceptors (Lipinski definition) is 5. The van der Waals surface area contributed by atoms with E-state index in [2.05, 4.69) is 20.4 Å². The Hall–Kier alpha value is -2.50. The first-order valence-electron chi connectivity index (χ1n) is 9.58. The number of rotatable bonds is 7. The van der Waals surface area contributed by atoms with E-state index in [4.69, 9.17) is 14.2 Å². The summed E-state index contributed by atoms with van der Waals surface area (Å²) < 4.78 is 46.1. The number of fused-ring (bicyclic) bond motifs is 1. The number of hydrogen-bond donors (Lipinski definition) is 2. The fourth-order valence-electron chi connectivity index (χ4n) is 2.95. The maximum Gasteiger partial charge on any atom is 0.387 e. The predicted molar refractivity (Wildman–Crippen MR) is 126 cm³/mol. The number of nitrogens with one attached hydrogen (secondary N) is 2. The molecule has 0 aromatic heterocycles. The molecule has 0 saturated heterocycles. The molecule has 1 aliphatic rings. The van der Waals surface area contributed by atoms with Gasteiger partial charge in [0.1, 0.15) is 0 Å². The Morgan fingerprint density at radius 1 is 1.10 bits per heavy atom. The third kappa shape index (κ3) is 7.30. The van der Waals surface area contributed by atoms with Gasteiger partial charge in [0.25, 0.3) is 0 Å². The van der Waals surface area contributed by atoms with Gasteiger partial charge < -0.3 is 29.6 Å². The van der Waals surface area contributed by atoms with Crippen LogP contribution in [0, 0.1) is 0 Å². The molecule has 0 saturated carbocycles. The standard InChI is InChI=1S/C21H25F2N3O4.HI/c1-24-21(26-15-5-7-17-18(13-15)29-11-3-10-28-17)25-9-8-14-4-6-16(27-2)19(12-14)30-20(22)23;/h4-7,12-13,20H,3,8-11H2,1-2H3,(H2,24,25,26);1H. The van der Waals surface area contributed by atoms with Gasteiger partial charge in [0.2, 0.25) is 0 Å². The van der Waals surface area contributed by atoms with Crippen LogP contribution in [0.25, 0.3) is 0 Å². The first kappa shape index (κ1) is 24.8. The van der Waals surface area contributed by atoms with E-state index in [1.54, 1.807) is 25.2 Å². The third-order valence-electron chi connectivity index (χ3n) is 4.38. The molecule has 0 aliphatic carbocycles. The number of halogens is 3. The molecule has 2 N–H and O–H groups in total. The molecule has 0 spiro atoms. The quantitative estimate of drug-likeness (QED) is 0.305. The molecule has 3 rings (SSSR count). The van der Waals surface area contributed by atoms with Crippen molar-refractivity contribution in [3.05, 3.63) is 42.0 Å². The lowest BCUT2D eigenvalue weighted by Gasteiger charge is -2.15. The SMILES string of the molecule is CN=C(NCCc1ccc(OC)c(OC(F)F)c1)Nc1ccc2c(c1)OCCCO2.I. The number of guanidine groups is 1. The fourth-order valence-corrected chi connectivity index (χ4v) is 2.95. The van der Waals surface area contributed by atoms with E-state index in [1.165, 1.54) is 7.11 Å². The number of benzene rings is 2. The minimum absolute atomic E-state index is 0. The number of aliphatic imine (C=N–C) groups is 1. The topological polar surface area (TPSA) is 73.3 Å². The van der Waals surface area contributed by atoms with Gasteiger partial charge in [-0.05, 0) is 36.2 Å². The molecule has 0 radical (unpaired) electrons. The summed E-state index contributed by atoms with van der Waals surface area (Å²) >= 11 is 0. The summed E-state index contributed by atoms with van der Waals surface area (Å²) in [7, 11) is 3.07. The smallest absolute Gasteiger partial charge is 0.387 e. The van der Waals surface area contributed by atoms with Crippen LogP contribution in [0.15, 0.2) is 41.4 Å². The van der Waals surface area contributed by atoms with E-state index in [1.807, 2.05) is 18.2 Å². The second kappa shape index (κ2) is 12.4. The van der Waals surface area contributed by atoms with Crippen molar-refractivity contribution in [3.8, 4) is 23.0 Å². The number of nitrogens with zero attached hydrogens (tertiary/aromatic N) is 1. The highest BCUT2D eigenvalue weighted by molar-refractivity contribution is 14.0. The van der Waals surface area contributed by atoms with Crippen molar-refractivity contribution in [3.63, 3.8) is 0 Å². The van der Waals surface area contributed by atoms with Gasteiger partial charge in [-0.15, -0.1) is 24.0 Å². The van der Waals surface area contributed by atoms with Crippen molar-refractivity contribution in [2.24, 2.45) is 4.99 Å². The maximum atomic E-state index is 12.6. The molecule has 0 bridgehead atoms. The average molecular weight is 549 g/mol. The molecule has 0 amide bonds. The molecular formula is C21H26F2IN3O4. The third-order valence-corrected chi connectivity index (χ3v) is 4.38. The van der Waals surface area contributed by atoms with Crippen LogP contribution in [0.4, 0.5) is 14.5 Å². The molecule has 1 heterocycles. The molecule has 0 fully saturated rings. The zero-order valence-corrected chi connectivity index (χ0v) is 19.7. The lowest BCUT2D eigenvalue weighted by molar-refractivity contribution is -0.0512. The molecule has 2 aromatic rings. The van der Waals surface area contributed by atoms with Crippen molar-refractivity contribution >= 4 is 35.6 Å². The summed E-state index contributed by atoms with van der Waals surface area (Å²) in [6.45, 7) is -1.13. The van der Waals surface area contributed by atoms with Crippen molar-refractivity contribution < 1.29 is 27.7 Å². The normalized spacial score (nSPS) is 13.1. The number of ether oxygens (including phenoxy) is 4. The molecule has 10 heteroatoms. The molecule has 31 heavy (non-hydrogen) atoms.